The highest BCUT2D eigenvalue weighted by molar-refractivity contribution is 6.33. The zero-order valence-corrected chi connectivity index (χ0v) is 12.0. The van der Waals surface area contributed by atoms with Gasteiger partial charge in [-0.15, -0.1) is 0 Å². The molecule has 1 amide bonds. The van der Waals surface area contributed by atoms with Crippen LogP contribution in [0.5, 0.6) is 0 Å². The minimum Gasteiger partial charge on any atom is -0.388 e. The lowest BCUT2D eigenvalue weighted by Crippen LogP contribution is -2.15. The van der Waals surface area contributed by atoms with Crippen LogP contribution in [0.25, 0.3) is 0 Å². The van der Waals surface area contributed by atoms with Gasteiger partial charge in [0.2, 0.25) is 5.91 Å². The number of anilines is 1. The molecule has 0 fully saturated rings. The topological polar surface area (TPSA) is 49.3 Å². The third-order valence-electron chi connectivity index (χ3n) is 2.78. The van der Waals surface area contributed by atoms with Gasteiger partial charge in [0.25, 0.3) is 0 Å². The van der Waals surface area contributed by atoms with E-state index in [-0.39, 0.29) is 12.3 Å². The summed E-state index contributed by atoms with van der Waals surface area (Å²) >= 11 is 11.7. The molecule has 20 heavy (non-hydrogen) atoms. The third-order valence-corrected chi connectivity index (χ3v) is 3.36. The van der Waals surface area contributed by atoms with Crippen molar-refractivity contribution < 1.29 is 9.90 Å². The first-order chi connectivity index (χ1) is 9.56. The zero-order valence-electron chi connectivity index (χ0n) is 10.5. The molecular formula is C15H13Cl2NO2. The molecule has 2 N–H and O–H groups in total. The monoisotopic (exact) mass is 309 g/mol. The molecule has 0 aliphatic carbocycles. The van der Waals surface area contributed by atoms with Gasteiger partial charge < -0.3 is 10.4 Å². The molecule has 104 valence electrons. The molecule has 2 rings (SSSR count). The van der Waals surface area contributed by atoms with Crippen LogP contribution in [0.1, 0.15) is 18.1 Å². The minimum atomic E-state index is -0.880. The summed E-state index contributed by atoms with van der Waals surface area (Å²) in [6, 6.07) is 13.7. The van der Waals surface area contributed by atoms with Crippen LogP contribution < -0.4 is 5.32 Å². The van der Waals surface area contributed by atoms with Crippen LogP contribution in [0.3, 0.4) is 0 Å². The van der Waals surface area contributed by atoms with Crippen LogP contribution in [0, 0.1) is 0 Å². The normalized spacial score (nSPS) is 11.9. The highest BCUT2D eigenvalue weighted by Crippen LogP contribution is 2.23. The molecule has 1 unspecified atom stereocenters. The fourth-order valence-corrected chi connectivity index (χ4v) is 2.05. The van der Waals surface area contributed by atoms with Gasteiger partial charge in [0.1, 0.15) is 0 Å². The Morgan fingerprint density at radius 1 is 1.10 bits per heavy atom. The Bertz CT molecular complexity index is 599. The van der Waals surface area contributed by atoms with Crippen LogP contribution in [0.15, 0.2) is 48.5 Å². The minimum absolute atomic E-state index is 0.0488. The summed E-state index contributed by atoms with van der Waals surface area (Å²) in [6.45, 7) is 0. The summed E-state index contributed by atoms with van der Waals surface area (Å²) in [6.07, 6.45) is -0.929. The number of hydrogen-bond donors (Lipinski definition) is 2. The average molecular weight is 310 g/mol. The number of hydrogen-bond acceptors (Lipinski definition) is 2. The summed E-state index contributed by atoms with van der Waals surface area (Å²) in [5, 5.41) is 13.7. The number of amides is 1. The molecule has 0 saturated heterocycles. The maximum atomic E-state index is 11.9. The fourth-order valence-electron chi connectivity index (χ4n) is 1.74. The molecule has 2 aromatic rings. The molecule has 1 atom stereocenters. The van der Waals surface area contributed by atoms with E-state index in [1.807, 2.05) is 0 Å². The van der Waals surface area contributed by atoms with Crippen molar-refractivity contribution >= 4 is 34.8 Å². The van der Waals surface area contributed by atoms with Crippen LogP contribution in [0.2, 0.25) is 10.0 Å². The molecule has 0 bridgehead atoms. The Labute approximate surface area is 127 Å². The average Bonchev–Trinajstić information content (AvgIpc) is 2.42. The summed E-state index contributed by atoms with van der Waals surface area (Å²) in [5.41, 5.74) is 1.17. The standard InChI is InChI=1S/C15H13Cl2NO2/c16-11-7-5-10(6-8-11)14(19)9-15(20)18-13-4-2-1-3-12(13)17/h1-8,14,19H,9H2,(H,18,20). The molecule has 0 saturated carbocycles. The van der Waals surface area contributed by atoms with E-state index in [9.17, 15) is 9.90 Å². The number of benzene rings is 2. The lowest BCUT2D eigenvalue weighted by atomic mass is 10.1. The molecule has 2 aromatic carbocycles. The zero-order chi connectivity index (χ0) is 14.5. The SMILES string of the molecule is O=C(CC(O)c1ccc(Cl)cc1)Nc1ccccc1Cl. The molecular weight excluding hydrogens is 297 g/mol. The summed E-state index contributed by atoms with van der Waals surface area (Å²) in [7, 11) is 0. The number of nitrogens with one attached hydrogen (secondary N) is 1. The first-order valence-electron chi connectivity index (χ1n) is 6.04. The second kappa shape index (κ2) is 6.75. The number of rotatable bonds is 4. The van der Waals surface area contributed by atoms with E-state index in [0.717, 1.165) is 0 Å². The van der Waals surface area contributed by atoms with Crippen molar-refractivity contribution in [2.24, 2.45) is 0 Å². The maximum Gasteiger partial charge on any atom is 0.227 e. The van der Waals surface area contributed by atoms with Crippen molar-refractivity contribution in [2.45, 2.75) is 12.5 Å². The van der Waals surface area contributed by atoms with Crippen molar-refractivity contribution in [1.29, 1.82) is 0 Å². The number of carbonyl (C=O) groups excluding carboxylic acids is 1. The van der Waals surface area contributed by atoms with Crippen molar-refractivity contribution in [1.82, 2.24) is 0 Å². The van der Waals surface area contributed by atoms with Gasteiger partial charge in [0, 0.05) is 5.02 Å². The highest BCUT2D eigenvalue weighted by atomic mass is 35.5. The molecule has 0 aliphatic rings. The molecule has 0 aromatic heterocycles. The number of aliphatic hydroxyl groups excluding tert-OH is 1. The summed E-state index contributed by atoms with van der Waals surface area (Å²) in [4.78, 5) is 11.9. The van der Waals surface area contributed by atoms with Crippen molar-refractivity contribution in [3.05, 3.63) is 64.1 Å². The van der Waals surface area contributed by atoms with Gasteiger partial charge in [-0.1, -0.05) is 47.5 Å². The Kier molecular flexibility index (Phi) is 5.01. The quantitative estimate of drug-likeness (QED) is 0.895. The van der Waals surface area contributed by atoms with Crippen molar-refractivity contribution in [3.8, 4) is 0 Å². The van der Waals surface area contributed by atoms with Gasteiger partial charge in [-0.2, -0.15) is 0 Å². The van der Waals surface area contributed by atoms with Crippen LogP contribution >= 0.6 is 23.2 Å². The van der Waals surface area contributed by atoms with Crippen LogP contribution in [-0.4, -0.2) is 11.0 Å². The van der Waals surface area contributed by atoms with Crippen LogP contribution in [-0.2, 0) is 4.79 Å². The van der Waals surface area contributed by atoms with E-state index in [1.54, 1.807) is 48.5 Å². The van der Waals surface area contributed by atoms with Crippen molar-refractivity contribution in [2.75, 3.05) is 5.32 Å². The fraction of sp³-hybridized carbons (Fsp3) is 0.133. The predicted octanol–water partition coefficient (Wildman–Crippen LogP) is 4.06. The Hall–Kier alpha value is -1.55. The first kappa shape index (κ1) is 14.9. The molecule has 0 radical (unpaired) electrons. The van der Waals surface area contributed by atoms with E-state index in [1.165, 1.54) is 0 Å². The molecule has 5 heteroatoms. The van der Waals surface area contributed by atoms with E-state index in [2.05, 4.69) is 5.32 Å². The van der Waals surface area contributed by atoms with E-state index in [4.69, 9.17) is 23.2 Å². The molecule has 0 heterocycles. The third kappa shape index (κ3) is 3.97. The molecule has 0 spiro atoms. The van der Waals surface area contributed by atoms with Gasteiger partial charge in [-0.25, -0.2) is 0 Å². The second-order valence-corrected chi connectivity index (χ2v) is 5.14. The lowest BCUT2D eigenvalue weighted by molar-refractivity contribution is -0.118. The van der Waals surface area contributed by atoms with Crippen LogP contribution in [0.4, 0.5) is 5.69 Å². The number of aliphatic hydroxyl groups is 1. The number of carbonyl (C=O) groups is 1. The first-order valence-corrected chi connectivity index (χ1v) is 6.80. The summed E-state index contributed by atoms with van der Waals surface area (Å²) in [5.74, 6) is -0.305. The smallest absolute Gasteiger partial charge is 0.227 e. The lowest BCUT2D eigenvalue weighted by Gasteiger charge is -2.12. The van der Waals surface area contributed by atoms with Gasteiger partial charge in [0.05, 0.1) is 23.2 Å². The van der Waals surface area contributed by atoms with E-state index in [0.29, 0.717) is 21.3 Å². The van der Waals surface area contributed by atoms with Crippen molar-refractivity contribution in [3.63, 3.8) is 0 Å². The Morgan fingerprint density at radius 3 is 2.40 bits per heavy atom. The largest absolute Gasteiger partial charge is 0.388 e. The Morgan fingerprint density at radius 2 is 1.75 bits per heavy atom. The van der Waals surface area contributed by atoms with E-state index >= 15 is 0 Å². The van der Waals surface area contributed by atoms with Gasteiger partial charge in [-0.3, -0.25) is 4.79 Å². The predicted molar refractivity (Wildman–Crippen MR) is 81.1 cm³/mol. The van der Waals surface area contributed by atoms with Gasteiger partial charge >= 0.3 is 0 Å². The highest BCUT2D eigenvalue weighted by Gasteiger charge is 2.13. The molecule has 3 nitrogen and oxygen atoms in total. The number of halogens is 2. The summed E-state index contributed by atoms with van der Waals surface area (Å²) < 4.78 is 0. The molecule has 0 aliphatic heterocycles. The van der Waals surface area contributed by atoms with Gasteiger partial charge in [-0.05, 0) is 29.8 Å². The maximum absolute atomic E-state index is 11.9. The number of para-hydroxylation sites is 1. The Balaban J connectivity index is 1.98. The second-order valence-electron chi connectivity index (χ2n) is 4.30. The van der Waals surface area contributed by atoms with E-state index < -0.39 is 6.10 Å². The van der Waals surface area contributed by atoms with Gasteiger partial charge in [0.15, 0.2) is 0 Å².